The second kappa shape index (κ2) is 9.90. The number of hydrogen-bond acceptors (Lipinski definition) is 6. The van der Waals surface area contributed by atoms with E-state index in [0.29, 0.717) is 17.7 Å². The lowest BCUT2D eigenvalue weighted by Crippen LogP contribution is -2.26. The fraction of sp³-hybridized carbons (Fsp3) is 0.412. The van der Waals surface area contributed by atoms with E-state index < -0.39 is 24.3 Å². The first-order valence-electron chi connectivity index (χ1n) is 8.88. The zero-order chi connectivity index (χ0) is 23.3. The topological polar surface area (TPSA) is 88.6 Å². The highest BCUT2D eigenvalue weighted by Gasteiger charge is 2.48. The summed E-state index contributed by atoms with van der Waals surface area (Å²) in [5, 5.41) is 9.20. The zero-order valence-electron chi connectivity index (χ0n) is 16.5. The van der Waals surface area contributed by atoms with Crippen molar-refractivity contribution in [3.63, 3.8) is 0 Å². The van der Waals surface area contributed by atoms with Gasteiger partial charge in [-0.25, -0.2) is 18.3 Å². The SMILES string of the molecule is CC.CN1CC(C(F)(F)F)c2c1cnc1cc(Cl)nn21.O=CNc1cc(C(F)F)on1. The summed E-state index contributed by atoms with van der Waals surface area (Å²) in [6.07, 6.45) is -5.27. The Bertz CT molecular complexity index is 1020. The number of likely N-dealkylation sites (N-methyl/N-ethyl adjacent to an activating group) is 1. The Kier molecular flexibility index (Phi) is 7.76. The van der Waals surface area contributed by atoms with E-state index in [1.807, 2.05) is 13.8 Å². The average Bonchev–Trinajstić information content (AvgIpc) is 3.40. The van der Waals surface area contributed by atoms with Gasteiger partial charge in [-0.05, 0) is 0 Å². The molecular formula is C17H18ClF5N6O2. The summed E-state index contributed by atoms with van der Waals surface area (Å²) in [5.41, 5.74) is 0.856. The number of carbonyl (C=O) groups is 1. The van der Waals surface area contributed by atoms with Gasteiger partial charge in [0.15, 0.2) is 16.6 Å². The fourth-order valence-electron chi connectivity index (χ4n) is 2.77. The number of alkyl halides is 5. The van der Waals surface area contributed by atoms with E-state index in [4.69, 9.17) is 11.6 Å². The number of anilines is 2. The Labute approximate surface area is 178 Å². The van der Waals surface area contributed by atoms with E-state index in [1.165, 1.54) is 21.7 Å². The Morgan fingerprint density at radius 1 is 1.32 bits per heavy atom. The molecule has 0 radical (unpaired) electrons. The lowest BCUT2D eigenvalue weighted by Gasteiger charge is -2.15. The van der Waals surface area contributed by atoms with Gasteiger partial charge in [-0.1, -0.05) is 30.6 Å². The van der Waals surface area contributed by atoms with Gasteiger partial charge in [0, 0.05) is 25.7 Å². The number of aromatic nitrogens is 4. The lowest BCUT2D eigenvalue weighted by atomic mass is 10.1. The maximum atomic E-state index is 13.0. The minimum Gasteiger partial charge on any atom is -0.371 e. The van der Waals surface area contributed by atoms with Crippen LogP contribution in [0.5, 0.6) is 0 Å². The molecule has 1 aliphatic heterocycles. The Morgan fingerprint density at radius 3 is 2.55 bits per heavy atom. The summed E-state index contributed by atoms with van der Waals surface area (Å²) in [5.74, 6) is -2.15. The molecule has 31 heavy (non-hydrogen) atoms. The molecule has 1 unspecified atom stereocenters. The lowest BCUT2D eigenvalue weighted by molar-refractivity contribution is -0.147. The van der Waals surface area contributed by atoms with Gasteiger partial charge in [-0.15, -0.1) is 0 Å². The van der Waals surface area contributed by atoms with E-state index in [0.717, 1.165) is 6.07 Å². The van der Waals surface area contributed by atoms with Gasteiger partial charge in [-0.3, -0.25) is 4.79 Å². The molecule has 0 fully saturated rings. The van der Waals surface area contributed by atoms with Crippen LogP contribution in [-0.2, 0) is 4.79 Å². The van der Waals surface area contributed by atoms with Crippen molar-refractivity contribution in [2.24, 2.45) is 0 Å². The van der Waals surface area contributed by atoms with Crippen molar-refractivity contribution in [2.75, 3.05) is 23.8 Å². The van der Waals surface area contributed by atoms with Crippen LogP contribution in [-0.4, -0.2) is 45.9 Å². The third-order valence-corrected chi connectivity index (χ3v) is 4.20. The second-order valence-corrected chi connectivity index (χ2v) is 6.31. The third kappa shape index (κ3) is 5.40. The first-order chi connectivity index (χ1) is 14.6. The van der Waals surface area contributed by atoms with Crippen molar-refractivity contribution < 1.29 is 31.3 Å². The van der Waals surface area contributed by atoms with Gasteiger partial charge in [0.1, 0.15) is 5.92 Å². The van der Waals surface area contributed by atoms with Crippen LogP contribution < -0.4 is 10.2 Å². The molecule has 0 aliphatic carbocycles. The zero-order valence-corrected chi connectivity index (χ0v) is 17.2. The highest BCUT2D eigenvalue weighted by atomic mass is 35.5. The molecule has 4 rings (SSSR count). The third-order valence-electron chi connectivity index (χ3n) is 4.01. The molecule has 0 aromatic carbocycles. The van der Waals surface area contributed by atoms with Gasteiger partial charge >= 0.3 is 6.18 Å². The predicted molar refractivity (Wildman–Crippen MR) is 103 cm³/mol. The van der Waals surface area contributed by atoms with Crippen molar-refractivity contribution in [1.29, 1.82) is 0 Å². The largest absolute Gasteiger partial charge is 0.399 e. The van der Waals surface area contributed by atoms with Crippen LogP contribution in [0, 0.1) is 0 Å². The van der Waals surface area contributed by atoms with Crippen molar-refractivity contribution in [3.05, 3.63) is 34.9 Å². The molecule has 170 valence electrons. The highest BCUT2D eigenvalue weighted by Crippen LogP contribution is 2.44. The summed E-state index contributed by atoms with van der Waals surface area (Å²) < 4.78 is 68.0. The van der Waals surface area contributed by atoms with Gasteiger partial charge in [0.2, 0.25) is 12.2 Å². The quantitative estimate of drug-likeness (QED) is 0.443. The number of fused-ring (bicyclic) bond motifs is 3. The van der Waals surface area contributed by atoms with E-state index >= 15 is 0 Å². The first-order valence-corrected chi connectivity index (χ1v) is 9.26. The normalized spacial score (nSPS) is 15.2. The minimum absolute atomic E-state index is 0.0182. The maximum Gasteiger partial charge on any atom is 0.399 e. The van der Waals surface area contributed by atoms with Crippen molar-refractivity contribution >= 4 is 35.2 Å². The van der Waals surface area contributed by atoms with Gasteiger partial charge < -0.3 is 14.7 Å². The van der Waals surface area contributed by atoms with E-state index in [2.05, 4.69) is 25.1 Å². The van der Waals surface area contributed by atoms with E-state index in [9.17, 15) is 26.7 Å². The Balaban J connectivity index is 0.000000226. The van der Waals surface area contributed by atoms with E-state index in [1.54, 1.807) is 7.05 Å². The van der Waals surface area contributed by atoms with Crippen LogP contribution in [0.4, 0.5) is 33.5 Å². The highest BCUT2D eigenvalue weighted by molar-refractivity contribution is 6.29. The molecule has 0 saturated heterocycles. The average molecular weight is 469 g/mol. The molecule has 1 aliphatic rings. The standard InChI is InChI=1S/C10H8ClF3N4.C5H4F2N2O2.C2H6/c1-17-4-5(10(12,13)14)9-6(17)3-15-8-2-7(11)16-18(8)9;6-5(7)3-1-4(8-2-10)9-11-3;1-2/h2-3,5H,4H2,1H3;1-2,5H,(H,8,9,10);1-2H3. The Morgan fingerprint density at radius 2 is 2.00 bits per heavy atom. The minimum atomic E-state index is -4.31. The molecule has 8 nitrogen and oxygen atoms in total. The van der Waals surface area contributed by atoms with Crippen LogP contribution in [0.15, 0.2) is 22.9 Å². The van der Waals surface area contributed by atoms with Crippen molar-refractivity contribution in [2.45, 2.75) is 32.4 Å². The smallest absolute Gasteiger partial charge is 0.371 e. The summed E-state index contributed by atoms with van der Waals surface area (Å²) in [7, 11) is 1.60. The molecule has 1 amide bonds. The number of nitrogens with one attached hydrogen (secondary N) is 1. The van der Waals surface area contributed by atoms with Crippen LogP contribution in [0.3, 0.4) is 0 Å². The Hall–Kier alpha value is -2.96. The molecule has 3 aromatic heterocycles. The number of hydrogen-bond donors (Lipinski definition) is 1. The molecular weight excluding hydrogens is 451 g/mol. The van der Waals surface area contributed by atoms with Gasteiger partial charge in [0.25, 0.3) is 6.43 Å². The predicted octanol–water partition coefficient (Wildman–Crippen LogP) is 4.69. The van der Waals surface area contributed by atoms with Crippen LogP contribution in [0.1, 0.15) is 37.6 Å². The molecule has 0 saturated carbocycles. The maximum absolute atomic E-state index is 13.0. The second-order valence-electron chi connectivity index (χ2n) is 5.92. The summed E-state index contributed by atoms with van der Waals surface area (Å²) in [4.78, 5) is 15.3. The van der Waals surface area contributed by atoms with Gasteiger partial charge in [0.05, 0.1) is 17.6 Å². The van der Waals surface area contributed by atoms with Crippen LogP contribution in [0.2, 0.25) is 5.15 Å². The monoisotopic (exact) mass is 468 g/mol. The molecule has 0 spiro atoms. The number of rotatable bonds is 3. The van der Waals surface area contributed by atoms with Gasteiger partial charge in [-0.2, -0.15) is 18.3 Å². The molecule has 1 atom stereocenters. The molecule has 0 bridgehead atoms. The van der Waals surface area contributed by atoms with Crippen LogP contribution >= 0.6 is 11.6 Å². The molecule has 3 aromatic rings. The summed E-state index contributed by atoms with van der Waals surface area (Å²) >= 11 is 5.72. The van der Waals surface area contributed by atoms with Crippen molar-refractivity contribution in [1.82, 2.24) is 19.8 Å². The molecule has 4 heterocycles. The van der Waals surface area contributed by atoms with E-state index in [-0.39, 0.29) is 23.2 Å². The number of amides is 1. The van der Waals surface area contributed by atoms with Crippen molar-refractivity contribution in [3.8, 4) is 0 Å². The number of carbonyl (C=O) groups excluding carboxylic acids is 1. The summed E-state index contributed by atoms with van der Waals surface area (Å²) in [6.45, 7) is 3.87. The summed E-state index contributed by atoms with van der Waals surface area (Å²) in [6, 6.07) is 2.40. The number of nitrogens with zero attached hydrogens (tertiary/aromatic N) is 5. The molecule has 14 heteroatoms. The molecule has 1 N–H and O–H groups in total. The number of halogens is 6. The van der Waals surface area contributed by atoms with Crippen LogP contribution in [0.25, 0.3) is 5.65 Å². The fourth-order valence-corrected chi connectivity index (χ4v) is 2.95. The first kappa shape index (κ1) is 24.3.